The number of aryl methyl sites for hydroxylation is 2. The van der Waals surface area contributed by atoms with Gasteiger partial charge >= 0.3 is 5.97 Å². The molecule has 166 valence electrons. The predicted molar refractivity (Wildman–Crippen MR) is 120 cm³/mol. The Hall–Kier alpha value is -4.34. The van der Waals surface area contributed by atoms with Crippen LogP contribution < -0.4 is 10.6 Å². The number of aromatic carboxylic acids is 1. The largest absolute Gasteiger partial charge is 0.478 e. The summed E-state index contributed by atoms with van der Waals surface area (Å²) >= 11 is 0. The molecule has 10 nitrogen and oxygen atoms in total. The SMILES string of the molecule is Cn1nc(NCc2ccncc2)c2ncnc(C(=O)N[C@H]3CCc4cc(C(=O)O)ccc43)c21. The standard InChI is InChI=1S/C23H21N7O3/c1-30-20-18(21(29-30)25-11-13-6-8-24-9-7-13)26-12-27-19(20)22(31)28-17-5-3-14-10-15(23(32)33)2-4-16(14)17/h2,4,6-10,12,17H,3,5,11H2,1H3,(H,25,29)(H,28,31)(H,32,33)/t17-/m0/s1. The van der Waals surface area contributed by atoms with Crippen molar-refractivity contribution >= 4 is 28.7 Å². The number of fused-ring (bicyclic) bond motifs is 2. The van der Waals surface area contributed by atoms with Crippen LogP contribution in [0.25, 0.3) is 11.0 Å². The summed E-state index contributed by atoms with van der Waals surface area (Å²) < 4.78 is 1.60. The number of carbonyl (C=O) groups is 2. The summed E-state index contributed by atoms with van der Waals surface area (Å²) in [6, 6.07) is 8.62. The van der Waals surface area contributed by atoms with Gasteiger partial charge in [-0.15, -0.1) is 0 Å². The normalized spacial score (nSPS) is 14.8. The van der Waals surface area contributed by atoms with Gasteiger partial charge in [0.2, 0.25) is 0 Å². The van der Waals surface area contributed by atoms with Gasteiger partial charge in [-0.25, -0.2) is 14.8 Å². The number of nitrogens with zero attached hydrogens (tertiary/aromatic N) is 5. The van der Waals surface area contributed by atoms with Gasteiger partial charge in [-0.1, -0.05) is 6.07 Å². The van der Waals surface area contributed by atoms with E-state index in [-0.39, 0.29) is 23.2 Å². The van der Waals surface area contributed by atoms with E-state index in [9.17, 15) is 14.7 Å². The number of anilines is 1. The number of aromatic nitrogens is 5. The first-order valence-electron chi connectivity index (χ1n) is 10.5. The summed E-state index contributed by atoms with van der Waals surface area (Å²) in [5, 5.41) is 20.0. The number of carboxylic acids is 1. The molecule has 1 aliphatic rings. The molecule has 33 heavy (non-hydrogen) atoms. The monoisotopic (exact) mass is 443 g/mol. The Morgan fingerprint density at radius 1 is 1.18 bits per heavy atom. The van der Waals surface area contributed by atoms with Crippen LogP contribution in [0.4, 0.5) is 5.82 Å². The summed E-state index contributed by atoms with van der Waals surface area (Å²) in [4.78, 5) is 37.0. The molecule has 1 atom stereocenters. The fourth-order valence-electron chi connectivity index (χ4n) is 4.20. The molecule has 5 rings (SSSR count). The third kappa shape index (κ3) is 3.86. The lowest BCUT2D eigenvalue weighted by Crippen LogP contribution is -2.28. The van der Waals surface area contributed by atoms with Gasteiger partial charge in [-0.05, 0) is 53.8 Å². The Labute approximate surface area is 188 Å². The van der Waals surface area contributed by atoms with Crippen LogP contribution in [0, 0.1) is 0 Å². The fraction of sp³-hybridized carbons (Fsp3) is 0.217. The van der Waals surface area contributed by atoms with E-state index in [2.05, 4.69) is 30.7 Å². The van der Waals surface area contributed by atoms with Crippen LogP contribution in [-0.2, 0) is 20.0 Å². The van der Waals surface area contributed by atoms with Crippen molar-refractivity contribution < 1.29 is 14.7 Å². The number of pyridine rings is 1. The van der Waals surface area contributed by atoms with Crippen molar-refractivity contribution in [2.24, 2.45) is 7.05 Å². The lowest BCUT2D eigenvalue weighted by Gasteiger charge is -2.14. The van der Waals surface area contributed by atoms with Crippen LogP contribution in [0.2, 0.25) is 0 Å². The molecule has 0 bridgehead atoms. The van der Waals surface area contributed by atoms with Crippen molar-refractivity contribution in [2.45, 2.75) is 25.4 Å². The van der Waals surface area contributed by atoms with Gasteiger partial charge in [0.05, 0.1) is 11.6 Å². The second kappa shape index (κ2) is 8.30. The number of benzene rings is 1. The van der Waals surface area contributed by atoms with Crippen LogP contribution in [0.3, 0.4) is 0 Å². The maximum absolute atomic E-state index is 13.2. The molecule has 1 amide bonds. The van der Waals surface area contributed by atoms with E-state index in [0.717, 1.165) is 16.7 Å². The highest BCUT2D eigenvalue weighted by atomic mass is 16.4. The van der Waals surface area contributed by atoms with Crippen molar-refractivity contribution in [2.75, 3.05) is 5.32 Å². The topological polar surface area (TPSA) is 135 Å². The minimum Gasteiger partial charge on any atom is -0.478 e. The van der Waals surface area contributed by atoms with Crippen LogP contribution >= 0.6 is 0 Å². The number of carbonyl (C=O) groups excluding carboxylic acids is 1. The Kier molecular flexibility index (Phi) is 5.17. The van der Waals surface area contributed by atoms with E-state index in [4.69, 9.17) is 0 Å². The van der Waals surface area contributed by atoms with Crippen molar-refractivity contribution in [1.29, 1.82) is 0 Å². The average molecular weight is 443 g/mol. The van der Waals surface area contributed by atoms with Gasteiger partial charge in [-0.3, -0.25) is 14.5 Å². The van der Waals surface area contributed by atoms with Crippen LogP contribution in [0.1, 0.15) is 50.0 Å². The molecule has 0 aliphatic heterocycles. The minimum atomic E-state index is -0.960. The number of hydrogen-bond acceptors (Lipinski definition) is 7. The van der Waals surface area contributed by atoms with Crippen molar-refractivity contribution in [1.82, 2.24) is 30.0 Å². The van der Waals surface area contributed by atoms with Crippen molar-refractivity contribution in [3.8, 4) is 0 Å². The van der Waals surface area contributed by atoms with Crippen LogP contribution in [-0.4, -0.2) is 41.7 Å². The Morgan fingerprint density at radius 3 is 2.79 bits per heavy atom. The highest BCUT2D eigenvalue weighted by molar-refractivity contribution is 6.05. The number of amides is 1. The maximum Gasteiger partial charge on any atom is 0.335 e. The smallest absolute Gasteiger partial charge is 0.335 e. The van der Waals surface area contributed by atoms with Crippen molar-refractivity contribution in [3.05, 3.63) is 77.0 Å². The third-order valence-electron chi connectivity index (χ3n) is 5.82. The van der Waals surface area contributed by atoms with Gasteiger partial charge in [0.15, 0.2) is 11.5 Å². The van der Waals surface area contributed by atoms with Gasteiger partial charge < -0.3 is 15.7 Å². The second-order valence-electron chi connectivity index (χ2n) is 7.88. The fourth-order valence-corrected chi connectivity index (χ4v) is 4.20. The molecule has 10 heteroatoms. The van der Waals surface area contributed by atoms with E-state index in [1.165, 1.54) is 6.33 Å². The Bertz CT molecular complexity index is 1370. The zero-order chi connectivity index (χ0) is 22.9. The van der Waals surface area contributed by atoms with Gasteiger partial charge in [0, 0.05) is 26.0 Å². The number of rotatable bonds is 6. The molecule has 3 N–H and O–H groups in total. The predicted octanol–water partition coefficient (Wildman–Crippen LogP) is 2.49. The molecule has 1 aliphatic carbocycles. The van der Waals surface area contributed by atoms with Crippen molar-refractivity contribution in [3.63, 3.8) is 0 Å². The van der Waals surface area contributed by atoms with Crippen LogP contribution in [0.5, 0.6) is 0 Å². The van der Waals surface area contributed by atoms with E-state index in [0.29, 0.717) is 36.2 Å². The molecule has 3 heterocycles. The summed E-state index contributed by atoms with van der Waals surface area (Å²) in [7, 11) is 1.75. The molecule has 1 aromatic carbocycles. The average Bonchev–Trinajstić information content (AvgIpc) is 3.38. The molecule has 3 aromatic heterocycles. The first-order chi connectivity index (χ1) is 16.0. The first kappa shape index (κ1) is 20.6. The molecule has 0 spiro atoms. The summed E-state index contributed by atoms with van der Waals surface area (Å²) in [5.74, 6) is -0.724. The Balaban J connectivity index is 1.39. The zero-order valence-corrected chi connectivity index (χ0v) is 17.8. The quantitative estimate of drug-likeness (QED) is 0.414. The summed E-state index contributed by atoms with van der Waals surface area (Å²) in [6.07, 6.45) is 6.21. The highest BCUT2D eigenvalue weighted by Gasteiger charge is 2.27. The van der Waals surface area contributed by atoms with E-state index >= 15 is 0 Å². The maximum atomic E-state index is 13.2. The number of carboxylic acid groups (broad SMARTS) is 1. The molecule has 0 unspecified atom stereocenters. The molecule has 0 fully saturated rings. The van der Waals surface area contributed by atoms with E-state index in [1.54, 1.807) is 42.3 Å². The highest BCUT2D eigenvalue weighted by Crippen LogP contribution is 2.32. The van der Waals surface area contributed by atoms with E-state index in [1.807, 2.05) is 12.1 Å². The molecular weight excluding hydrogens is 422 g/mol. The molecule has 0 radical (unpaired) electrons. The Morgan fingerprint density at radius 2 is 2.00 bits per heavy atom. The minimum absolute atomic E-state index is 0.210. The van der Waals surface area contributed by atoms with Gasteiger partial charge in [-0.2, -0.15) is 5.10 Å². The van der Waals surface area contributed by atoms with Gasteiger partial charge in [0.1, 0.15) is 17.4 Å². The number of nitrogens with one attached hydrogen (secondary N) is 2. The molecule has 4 aromatic rings. The molecule has 0 saturated carbocycles. The summed E-state index contributed by atoms with van der Waals surface area (Å²) in [5.41, 5.74) is 4.50. The lowest BCUT2D eigenvalue weighted by molar-refractivity contribution is 0.0696. The molecule has 0 saturated heterocycles. The zero-order valence-electron chi connectivity index (χ0n) is 17.8. The molecular formula is C23H21N7O3. The summed E-state index contributed by atoms with van der Waals surface area (Å²) in [6.45, 7) is 0.539. The van der Waals surface area contributed by atoms with Crippen LogP contribution in [0.15, 0.2) is 49.1 Å². The second-order valence-corrected chi connectivity index (χ2v) is 7.88. The third-order valence-corrected chi connectivity index (χ3v) is 5.82. The first-order valence-corrected chi connectivity index (χ1v) is 10.5. The van der Waals surface area contributed by atoms with Gasteiger partial charge in [0.25, 0.3) is 5.91 Å². The number of hydrogen-bond donors (Lipinski definition) is 3. The van der Waals surface area contributed by atoms with E-state index < -0.39 is 5.97 Å². The lowest BCUT2D eigenvalue weighted by atomic mass is 10.0.